The summed E-state index contributed by atoms with van der Waals surface area (Å²) in [5.41, 5.74) is 5.81. The maximum atomic E-state index is 5.17. The Bertz CT molecular complexity index is 1450. The standard InChI is InChI=1S/C29H30N8/c1-20(2)18-37(19-22-11-5-4-6-12-22)27-17-23(31-28-21(3)10-9-15-30-28)16-26(32-27)24-13-7-8-14-25(24)29-33-35-36-34-29/h4-17,20H,18-19H2,1-3H3,(H,30,31,32)(H,33,34,35,36). The lowest BCUT2D eigenvalue weighted by molar-refractivity contribution is 0.605. The summed E-state index contributed by atoms with van der Waals surface area (Å²) in [4.78, 5) is 12.0. The first kappa shape index (κ1) is 24.1. The molecule has 2 aromatic carbocycles. The van der Waals surface area contributed by atoms with Crippen molar-refractivity contribution in [3.05, 3.63) is 96.2 Å². The molecule has 37 heavy (non-hydrogen) atoms. The minimum atomic E-state index is 0.454. The highest BCUT2D eigenvalue weighted by Gasteiger charge is 2.18. The van der Waals surface area contributed by atoms with Crippen molar-refractivity contribution in [2.24, 2.45) is 5.92 Å². The quantitative estimate of drug-likeness (QED) is 0.260. The normalized spacial score (nSPS) is 11.0. The lowest BCUT2D eigenvalue weighted by atomic mass is 10.0. The van der Waals surface area contributed by atoms with Crippen LogP contribution in [0.25, 0.3) is 22.6 Å². The van der Waals surface area contributed by atoms with Crippen LogP contribution in [0.4, 0.5) is 17.3 Å². The van der Waals surface area contributed by atoms with Gasteiger partial charge in [-0.3, -0.25) is 0 Å². The van der Waals surface area contributed by atoms with Gasteiger partial charge in [-0.25, -0.2) is 9.97 Å². The van der Waals surface area contributed by atoms with Gasteiger partial charge in [0.15, 0.2) is 0 Å². The molecule has 0 amide bonds. The fraction of sp³-hybridized carbons (Fsp3) is 0.207. The van der Waals surface area contributed by atoms with Crippen LogP contribution in [0.5, 0.6) is 0 Å². The van der Waals surface area contributed by atoms with E-state index in [-0.39, 0.29) is 0 Å². The average molecular weight is 491 g/mol. The Morgan fingerprint density at radius 3 is 2.43 bits per heavy atom. The molecule has 0 unspecified atom stereocenters. The fourth-order valence-electron chi connectivity index (χ4n) is 4.30. The number of aryl methyl sites for hydroxylation is 1. The Hall–Kier alpha value is -4.59. The summed E-state index contributed by atoms with van der Waals surface area (Å²) in [6, 6.07) is 26.6. The van der Waals surface area contributed by atoms with E-state index in [1.165, 1.54) is 5.56 Å². The van der Waals surface area contributed by atoms with Crippen LogP contribution in [-0.2, 0) is 6.54 Å². The van der Waals surface area contributed by atoms with E-state index in [0.717, 1.165) is 52.8 Å². The van der Waals surface area contributed by atoms with E-state index in [1.54, 1.807) is 6.20 Å². The Morgan fingerprint density at radius 1 is 0.919 bits per heavy atom. The van der Waals surface area contributed by atoms with E-state index in [0.29, 0.717) is 11.7 Å². The first-order valence-corrected chi connectivity index (χ1v) is 12.4. The van der Waals surface area contributed by atoms with E-state index in [9.17, 15) is 0 Å². The SMILES string of the molecule is Cc1cccnc1Nc1cc(-c2ccccc2-c2nn[nH]n2)nc(N(Cc2ccccc2)CC(C)C)c1. The summed E-state index contributed by atoms with van der Waals surface area (Å²) in [6.07, 6.45) is 1.80. The van der Waals surface area contributed by atoms with Gasteiger partial charge in [0.25, 0.3) is 0 Å². The minimum absolute atomic E-state index is 0.454. The van der Waals surface area contributed by atoms with Gasteiger partial charge < -0.3 is 10.2 Å². The van der Waals surface area contributed by atoms with Gasteiger partial charge >= 0.3 is 0 Å². The molecule has 0 spiro atoms. The zero-order valence-corrected chi connectivity index (χ0v) is 21.3. The molecular formula is C29H30N8. The number of hydrogen-bond acceptors (Lipinski definition) is 7. The van der Waals surface area contributed by atoms with E-state index >= 15 is 0 Å². The molecule has 0 radical (unpaired) electrons. The van der Waals surface area contributed by atoms with Crippen LogP contribution in [-0.4, -0.2) is 37.1 Å². The van der Waals surface area contributed by atoms with Crippen molar-refractivity contribution in [1.29, 1.82) is 0 Å². The van der Waals surface area contributed by atoms with E-state index in [1.807, 2.05) is 55.5 Å². The number of benzene rings is 2. The Balaban J connectivity index is 1.63. The molecule has 3 aromatic heterocycles. The Morgan fingerprint density at radius 2 is 1.70 bits per heavy atom. The molecule has 0 aliphatic rings. The summed E-state index contributed by atoms with van der Waals surface area (Å²) < 4.78 is 0. The first-order valence-electron chi connectivity index (χ1n) is 12.4. The number of hydrogen-bond donors (Lipinski definition) is 2. The van der Waals surface area contributed by atoms with Crippen LogP contribution >= 0.6 is 0 Å². The van der Waals surface area contributed by atoms with Crippen molar-refractivity contribution in [3.8, 4) is 22.6 Å². The van der Waals surface area contributed by atoms with E-state index < -0.39 is 0 Å². The molecule has 0 fully saturated rings. The predicted octanol–water partition coefficient (Wildman–Crippen LogP) is 6.04. The van der Waals surface area contributed by atoms with Crippen molar-refractivity contribution in [3.63, 3.8) is 0 Å². The number of pyridine rings is 2. The van der Waals surface area contributed by atoms with E-state index in [4.69, 9.17) is 4.98 Å². The van der Waals surface area contributed by atoms with E-state index in [2.05, 4.69) is 80.0 Å². The molecule has 0 saturated carbocycles. The number of aromatic amines is 1. The van der Waals surface area contributed by atoms with Gasteiger partial charge in [0.1, 0.15) is 11.6 Å². The molecular weight excluding hydrogens is 460 g/mol. The molecule has 5 aromatic rings. The van der Waals surface area contributed by atoms with Crippen LogP contribution in [0, 0.1) is 12.8 Å². The number of nitrogens with zero attached hydrogens (tertiary/aromatic N) is 6. The lowest BCUT2D eigenvalue weighted by Crippen LogP contribution is -2.28. The highest BCUT2D eigenvalue weighted by atomic mass is 15.5. The Labute approximate surface area is 216 Å². The molecule has 0 bridgehead atoms. The molecule has 8 nitrogen and oxygen atoms in total. The second-order valence-electron chi connectivity index (χ2n) is 9.43. The van der Waals surface area contributed by atoms with Crippen molar-refractivity contribution in [1.82, 2.24) is 30.6 Å². The fourth-order valence-corrected chi connectivity index (χ4v) is 4.30. The van der Waals surface area contributed by atoms with Crippen LogP contribution < -0.4 is 10.2 Å². The number of aromatic nitrogens is 6. The zero-order valence-electron chi connectivity index (χ0n) is 21.3. The molecule has 0 atom stereocenters. The lowest BCUT2D eigenvalue weighted by Gasteiger charge is -2.27. The number of rotatable bonds is 9. The second kappa shape index (κ2) is 11.0. The smallest absolute Gasteiger partial charge is 0.205 e. The van der Waals surface area contributed by atoms with Crippen LogP contribution in [0.1, 0.15) is 25.0 Å². The third-order valence-electron chi connectivity index (χ3n) is 6.00. The topological polar surface area (TPSA) is 95.5 Å². The molecule has 0 saturated heterocycles. The molecule has 186 valence electrons. The van der Waals surface area contributed by atoms with Gasteiger partial charge in [-0.15, -0.1) is 10.2 Å². The van der Waals surface area contributed by atoms with Crippen molar-refractivity contribution >= 4 is 17.3 Å². The highest BCUT2D eigenvalue weighted by Crippen LogP contribution is 2.33. The summed E-state index contributed by atoms with van der Waals surface area (Å²) in [7, 11) is 0. The number of tetrazole rings is 1. The minimum Gasteiger partial charge on any atom is -0.352 e. The van der Waals surface area contributed by atoms with Gasteiger partial charge in [0.2, 0.25) is 5.82 Å². The van der Waals surface area contributed by atoms with Crippen LogP contribution in [0.15, 0.2) is 85.1 Å². The van der Waals surface area contributed by atoms with Gasteiger partial charge in [-0.1, -0.05) is 74.5 Å². The molecule has 5 rings (SSSR count). The number of anilines is 3. The van der Waals surface area contributed by atoms with Crippen molar-refractivity contribution < 1.29 is 0 Å². The molecule has 0 aliphatic heterocycles. The van der Waals surface area contributed by atoms with Crippen molar-refractivity contribution in [2.75, 3.05) is 16.8 Å². The number of H-pyrrole nitrogens is 1. The summed E-state index contributed by atoms with van der Waals surface area (Å²) >= 11 is 0. The molecule has 2 N–H and O–H groups in total. The second-order valence-corrected chi connectivity index (χ2v) is 9.43. The van der Waals surface area contributed by atoms with Gasteiger partial charge in [0, 0.05) is 42.2 Å². The third kappa shape index (κ3) is 5.81. The molecule has 8 heteroatoms. The van der Waals surface area contributed by atoms with Crippen LogP contribution in [0.2, 0.25) is 0 Å². The van der Waals surface area contributed by atoms with Crippen LogP contribution in [0.3, 0.4) is 0 Å². The summed E-state index contributed by atoms with van der Waals surface area (Å²) in [5, 5.41) is 18.3. The first-order chi connectivity index (χ1) is 18.1. The summed E-state index contributed by atoms with van der Waals surface area (Å²) in [5.74, 6) is 2.68. The maximum absolute atomic E-state index is 5.17. The molecule has 0 aliphatic carbocycles. The van der Waals surface area contributed by atoms with Crippen molar-refractivity contribution in [2.45, 2.75) is 27.3 Å². The average Bonchev–Trinajstić information content (AvgIpc) is 3.45. The van der Waals surface area contributed by atoms with Gasteiger partial charge in [-0.05, 0) is 41.3 Å². The highest BCUT2D eigenvalue weighted by molar-refractivity contribution is 5.81. The largest absolute Gasteiger partial charge is 0.352 e. The molecule has 3 heterocycles. The maximum Gasteiger partial charge on any atom is 0.205 e. The Kier molecular flexibility index (Phi) is 7.16. The predicted molar refractivity (Wildman–Crippen MR) is 147 cm³/mol. The third-order valence-corrected chi connectivity index (χ3v) is 6.00. The van der Waals surface area contributed by atoms with Gasteiger partial charge in [-0.2, -0.15) is 5.21 Å². The summed E-state index contributed by atoms with van der Waals surface area (Å²) in [6.45, 7) is 8.11. The zero-order chi connectivity index (χ0) is 25.6. The number of nitrogens with one attached hydrogen (secondary N) is 2. The van der Waals surface area contributed by atoms with Gasteiger partial charge in [0.05, 0.1) is 5.69 Å². The monoisotopic (exact) mass is 490 g/mol.